The van der Waals surface area contributed by atoms with E-state index in [2.05, 4.69) is 0 Å². The van der Waals surface area contributed by atoms with Crippen LogP contribution in [0, 0.1) is 5.82 Å². The number of nitrogens with two attached hydrogens (primary N) is 1. The fourth-order valence-electron chi connectivity index (χ4n) is 2.74. The summed E-state index contributed by atoms with van der Waals surface area (Å²) in [4.78, 5) is 14.3. The third kappa shape index (κ3) is 3.77. The summed E-state index contributed by atoms with van der Waals surface area (Å²) in [5.74, 6) is -0.539. The molecule has 0 radical (unpaired) electrons. The second-order valence-corrected chi connectivity index (χ2v) is 6.36. The summed E-state index contributed by atoms with van der Waals surface area (Å²) in [5, 5.41) is 0.0548. The molecule has 2 N–H and O–H groups in total. The first-order chi connectivity index (χ1) is 10.3. The monoisotopic (exact) mass is 328 g/mol. The summed E-state index contributed by atoms with van der Waals surface area (Å²) < 4.78 is 19.0. The maximum atomic E-state index is 13.3. The number of rotatable bonds is 4. The van der Waals surface area contributed by atoms with E-state index in [1.165, 1.54) is 6.07 Å². The second kappa shape index (κ2) is 6.94. The van der Waals surface area contributed by atoms with Crippen molar-refractivity contribution in [2.45, 2.75) is 38.3 Å². The lowest BCUT2D eigenvalue weighted by molar-refractivity contribution is -0.144. The van der Waals surface area contributed by atoms with Gasteiger partial charge in [-0.05, 0) is 31.0 Å². The highest BCUT2D eigenvalue weighted by molar-refractivity contribution is 6.30. The van der Waals surface area contributed by atoms with Crippen molar-refractivity contribution < 1.29 is 13.9 Å². The third-order valence-corrected chi connectivity index (χ3v) is 4.22. The molecular formula is C16H22ClFN2O2. The van der Waals surface area contributed by atoms with E-state index in [-0.39, 0.29) is 17.0 Å². The summed E-state index contributed by atoms with van der Waals surface area (Å²) in [7, 11) is 0. The van der Waals surface area contributed by atoms with E-state index >= 15 is 0 Å². The molecule has 2 unspecified atom stereocenters. The zero-order valence-corrected chi connectivity index (χ0v) is 13.7. The van der Waals surface area contributed by atoms with Crippen LogP contribution in [0.1, 0.15) is 38.4 Å². The number of halogens is 2. The zero-order chi connectivity index (χ0) is 16.3. The minimum atomic E-state index is -0.864. The first-order valence-electron chi connectivity index (χ1n) is 7.50. The van der Waals surface area contributed by atoms with Crippen molar-refractivity contribution in [1.29, 1.82) is 0 Å². The smallest absolute Gasteiger partial charge is 0.242 e. The van der Waals surface area contributed by atoms with Crippen molar-refractivity contribution in [3.8, 4) is 0 Å². The van der Waals surface area contributed by atoms with Gasteiger partial charge < -0.3 is 15.4 Å². The minimum absolute atomic E-state index is 0.0548. The van der Waals surface area contributed by atoms with Crippen molar-refractivity contribution in [3.05, 3.63) is 34.6 Å². The molecule has 22 heavy (non-hydrogen) atoms. The molecule has 1 saturated heterocycles. The highest BCUT2D eigenvalue weighted by Crippen LogP contribution is 2.27. The van der Waals surface area contributed by atoms with Crippen LogP contribution in [0.5, 0.6) is 0 Å². The van der Waals surface area contributed by atoms with Crippen LogP contribution in [0.3, 0.4) is 0 Å². The Hall–Kier alpha value is -1.17. The number of nitrogens with zero attached hydrogens (tertiary/aromatic N) is 1. The van der Waals surface area contributed by atoms with Crippen LogP contribution in [0.15, 0.2) is 18.2 Å². The number of carbonyl (C=O) groups is 1. The Kier molecular flexibility index (Phi) is 5.42. The van der Waals surface area contributed by atoms with Gasteiger partial charge in [0, 0.05) is 6.54 Å². The molecule has 1 aromatic carbocycles. The molecule has 1 aliphatic heterocycles. The quantitative estimate of drug-likeness (QED) is 0.924. The van der Waals surface area contributed by atoms with Gasteiger partial charge in [0.2, 0.25) is 5.91 Å². The van der Waals surface area contributed by atoms with E-state index in [1.807, 2.05) is 6.92 Å². The van der Waals surface area contributed by atoms with Gasteiger partial charge in [0.1, 0.15) is 11.9 Å². The fourth-order valence-corrected chi connectivity index (χ4v) is 2.92. The Morgan fingerprint density at radius 2 is 2.32 bits per heavy atom. The van der Waals surface area contributed by atoms with Crippen molar-refractivity contribution in [3.63, 3.8) is 0 Å². The summed E-state index contributed by atoms with van der Waals surface area (Å²) in [5.41, 5.74) is 6.03. The number of ether oxygens (including phenoxy) is 1. The summed E-state index contributed by atoms with van der Waals surface area (Å²) >= 11 is 5.81. The average molecular weight is 329 g/mol. The molecule has 1 aromatic rings. The molecule has 0 aliphatic carbocycles. The molecule has 0 aromatic heterocycles. The lowest BCUT2D eigenvalue weighted by Crippen LogP contribution is -2.56. The van der Waals surface area contributed by atoms with Gasteiger partial charge in [-0.1, -0.05) is 31.0 Å². The van der Waals surface area contributed by atoms with E-state index in [1.54, 1.807) is 24.0 Å². The molecule has 6 heteroatoms. The van der Waals surface area contributed by atoms with Gasteiger partial charge in [-0.25, -0.2) is 4.39 Å². The number of benzene rings is 1. The normalized spacial score (nSPS) is 21.5. The molecule has 2 rings (SSSR count). The summed E-state index contributed by atoms with van der Waals surface area (Å²) in [6.45, 7) is 5.10. The van der Waals surface area contributed by atoms with Gasteiger partial charge in [-0.3, -0.25) is 4.79 Å². The Morgan fingerprint density at radius 1 is 1.59 bits per heavy atom. The Morgan fingerprint density at radius 3 is 2.95 bits per heavy atom. The molecule has 122 valence electrons. The topological polar surface area (TPSA) is 55.6 Å². The Labute approximate surface area is 135 Å². The van der Waals surface area contributed by atoms with Crippen molar-refractivity contribution >= 4 is 17.5 Å². The van der Waals surface area contributed by atoms with Crippen molar-refractivity contribution in [1.82, 2.24) is 4.90 Å². The van der Waals surface area contributed by atoms with Gasteiger partial charge in [-0.2, -0.15) is 0 Å². The second-order valence-electron chi connectivity index (χ2n) is 5.95. The number of morpholine rings is 1. The highest BCUT2D eigenvalue weighted by atomic mass is 35.5. The SMILES string of the molecule is CCCC(C)(N)C(=O)N1CCOC(c2ccc(F)c(Cl)c2)C1. The lowest BCUT2D eigenvalue weighted by Gasteiger charge is -2.37. The maximum absolute atomic E-state index is 13.3. The molecule has 4 nitrogen and oxygen atoms in total. The standard InChI is InChI=1S/C16H22ClFN2O2/c1-3-6-16(2,19)15(21)20-7-8-22-14(10-20)11-4-5-13(18)12(17)9-11/h4-5,9,14H,3,6-8,10,19H2,1-2H3. The maximum Gasteiger partial charge on any atom is 0.242 e. The van der Waals surface area contributed by atoms with E-state index in [4.69, 9.17) is 22.1 Å². The predicted octanol–water partition coefficient (Wildman–Crippen LogP) is 2.90. The van der Waals surface area contributed by atoms with Crippen LogP contribution in [0.25, 0.3) is 0 Å². The molecule has 0 spiro atoms. The molecule has 1 fully saturated rings. The van der Waals surface area contributed by atoms with Gasteiger partial charge in [0.25, 0.3) is 0 Å². The molecule has 2 atom stereocenters. The molecule has 1 aliphatic rings. The van der Waals surface area contributed by atoms with Crippen LogP contribution in [-0.4, -0.2) is 36.0 Å². The van der Waals surface area contributed by atoms with Gasteiger partial charge in [-0.15, -0.1) is 0 Å². The molecule has 1 amide bonds. The van der Waals surface area contributed by atoms with Gasteiger partial charge in [0.05, 0.1) is 23.7 Å². The first kappa shape index (κ1) is 17.2. The van der Waals surface area contributed by atoms with Crippen molar-refractivity contribution in [2.75, 3.05) is 19.7 Å². The van der Waals surface area contributed by atoms with E-state index < -0.39 is 11.4 Å². The number of hydrogen-bond donors (Lipinski definition) is 1. The third-order valence-electron chi connectivity index (χ3n) is 3.93. The fraction of sp³-hybridized carbons (Fsp3) is 0.562. The Bertz CT molecular complexity index is 551. The molecule has 0 bridgehead atoms. The average Bonchev–Trinajstić information content (AvgIpc) is 2.49. The lowest BCUT2D eigenvalue weighted by atomic mass is 9.95. The van der Waals surface area contributed by atoms with Crippen LogP contribution in [0.2, 0.25) is 5.02 Å². The van der Waals surface area contributed by atoms with E-state index in [9.17, 15) is 9.18 Å². The van der Waals surface area contributed by atoms with Crippen LogP contribution in [-0.2, 0) is 9.53 Å². The zero-order valence-electron chi connectivity index (χ0n) is 12.9. The first-order valence-corrected chi connectivity index (χ1v) is 7.87. The van der Waals surface area contributed by atoms with E-state index in [0.717, 1.165) is 12.0 Å². The number of hydrogen-bond acceptors (Lipinski definition) is 3. The Balaban J connectivity index is 2.11. The molecule has 1 heterocycles. The van der Waals surface area contributed by atoms with Crippen LogP contribution < -0.4 is 5.73 Å². The summed E-state index contributed by atoms with van der Waals surface area (Å²) in [6.07, 6.45) is 1.17. The molecular weight excluding hydrogens is 307 g/mol. The summed E-state index contributed by atoms with van der Waals surface area (Å²) in [6, 6.07) is 4.49. The van der Waals surface area contributed by atoms with Crippen LogP contribution >= 0.6 is 11.6 Å². The van der Waals surface area contributed by atoms with Crippen LogP contribution in [0.4, 0.5) is 4.39 Å². The van der Waals surface area contributed by atoms with E-state index in [0.29, 0.717) is 26.1 Å². The number of amides is 1. The molecule has 0 saturated carbocycles. The highest BCUT2D eigenvalue weighted by Gasteiger charge is 2.35. The minimum Gasteiger partial charge on any atom is -0.370 e. The number of carbonyl (C=O) groups excluding carboxylic acids is 1. The van der Waals surface area contributed by atoms with Gasteiger partial charge >= 0.3 is 0 Å². The van der Waals surface area contributed by atoms with Crippen molar-refractivity contribution in [2.24, 2.45) is 5.73 Å². The largest absolute Gasteiger partial charge is 0.370 e. The van der Waals surface area contributed by atoms with Gasteiger partial charge in [0.15, 0.2) is 0 Å². The predicted molar refractivity (Wildman–Crippen MR) is 84.2 cm³/mol.